The number of rotatable bonds is 2. The zero-order valence-electron chi connectivity index (χ0n) is 8.53. The van der Waals surface area contributed by atoms with Crippen LogP contribution >= 0.6 is 15.9 Å². The largest absolute Gasteiger partial charge is 0.456 e. The fourth-order valence-electron chi connectivity index (χ4n) is 1.18. The molecular weight excluding hydrogens is 272 g/mol. The molecule has 1 amide bonds. The van der Waals surface area contributed by atoms with Gasteiger partial charge in [-0.2, -0.15) is 0 Å². The topological polar surface area (TPSA) is 55.1 Å². The second kappa shape index (κ2) is 4.49. The molecule has 0 fully saturated rings. The Morgan fingerprint density at radius 1 is 1.38 bits per heavy atom. The summed E-state index contributed by atoms with van der Waals surface area (Å²) in [4.78, 5) is 15.7. The third kappa shape index (κ3) is 2.49. The molecule has 0 aromatic carbocycles. The fraction of sp³-hybridized carbons (Fsp3) is 0.0909. The minimum Gasteiger partial charge on any atom is -0.456 e. The summed E-state index contributed by atoms with van der Waals surface area (Å²) in [6, 6.07) is 6.88. The first-order valence-corrected chi connectivity index (χ1v) is 5.44. The van der Waals surface area contributed by atoms with Crippen LogP contribution in [-0.2, 0) is 0 Å². The summed E-state index contributed by atoms with van der Waals surface area (Å²) >= 11 is 3.27. The molecule has 4 nitrogen and oxygen atoms in total. The molecule has 0 unspecified atom stereocenters. The Bertz CT molecular complexity index is 505. The summed E-state index contributed by atoms with van der Waals surface area (Å²) in [7, 11) is 0. The van der Waals surface area contributed by atoms with Crippen molar-refractivity contribution >= 4 is 27.7 Å². The predicted octanol–water partition coefficient (Wildman–Crippen LogP) is 3.00. The number of hydrogen-bond donors (Lipinski definition) is 1. The highest BCUT2D eigenvalue weighted by atomic mass is 79.9. The van der Waals surface area contributed by atoms with E-state index in [4.69, 9.17) is 4.42 Å². The van der Waals surface area contributed by atoms with Gasteiger partial charge in [-0.05, 0) is 47.1 Å². The number of halogens is 1. The van der Waals surface area contributed by atoms with Crippen molar-refractivity contribution < 1.29 is 9.21 Å². The number of furan rings is 1. The number of pyridine rings is 1. The quantitative estimate of drug-likeness (QED) is 0.920. The first kappa shape index (κ1) is 10.9. The van der Waals surface area contributed by atoms with Crippen LogP contribution in [0.25, 0.3) is 0 Å². The van der Waals surface area contributed by atoms with Gasteiger partial charge in [0.2, 0.25) is 0 Å². The number of aryl methyl sites for hydroxylation is 1. The molecule has 2 aromatic rings. The van der Waals surface area contributed by atoms with Crippen LogP contribution in [0.4, 0.5) is 5.82 Å². The Morgan fingerprint density at radius 3 is 2.75 bits per heavy atom. The van der Waals surface area contributed by atoms with E-state index >= 15 is 0 Å². The molecule has 5 heteroatoms. The Labute approximate surface area is 101 Å². The van der Waals surface area contributed by atoms with E-state index < -0.39 is 0 Å². The molecule has 82 valence electrons. The van der Waals surface area contributed by atoms with Crippen LogP contribution in [0, 0.1) is 6.92 Å². The molecule has 1 N–H and O–H groups in total. The zero-order valence-corrected chi connectivity index (χ0v) is 10.1. The van der Waals surface area contributed by atoms with E-state index in [2.05, 4.69) is 26.2 Å². The van der Waals surface area contributed by atoms with E-state index in [0.717, 1.165) is 4.47 Å². The van der Waals surface area contributed by atoms with Crippen LogP contribution in [0.1, 0.15) is 16.3 Å². The first-order valence-electron chi connectivity index (χ1n) is 4.64. The zero-order chi connectivity index (χ0) is 11.5. The molecule has 0 aliphatic carbocycles. The number of hydrogen-bond acceptors (Lipinski definition) is 3. The predicted molar refractivity (Wildman–Crippen MR) is 63.3 cm³/mol. The molecule has 0 atom stereocenters. The number of carbonyl (C=O) groups excluding carboxylic acids is 1. The van der Waals surface area contributed by atoms with Gasteiger partial charge < -0.3 is 9.73 Å². The second-order valence-electron chi connectivity index (χ2n) is 3.23. The standard InChI is InChI=1S/C11H9BrN2O2/c1-7-2-4-9(16-7)11(15)14-10-5-3-8(12)6-13-10/h2-6H,1H3,(H,13,14,15). The lowest BCUT2D eigenvalue weighted by Gasteiger charge is -2.01. The van der Waals surface area contributed by atoms with Crippen molar-refractivity contribution in [2.24, 2.45) is 0 Å². The number of anilines is 1. The highest BCUT2D eigenvalue weighted by Crippen LogP contribution is 2.12. The van der Waals surface area contributed by atoms with Crippen molar-refractivity contribution in [1.29, 1.82) is 0 Å². The van der Waals surface area contributed by atoms with Crippen molar-refractivity contribution in [1.82, 2.24) is 4.98 Å². The molecule has 2 aromatic heterocycles. The lowest BCUT2D eigenvalue weighted by atomic mass is 10.4. The first-order chi connectivity index (χ1) is 7.65. The Kier molecular flexibility index (Phi) is 3.05. The van der Waals surface area contributed by atoms with Gasteiger partial charge in [-0.3, -0.25) is 4.79 Å². The van der Waals surface area contributed by atoms with Gasteiger partial charge in [0.25, 0.3) is 5.91 Å². The molecule has 2 heterocycles. The average molecular weight is 281 g/mol. The van der Waals surface area contributed by atoms with Crippen LogP contribution < -0.4 is 5.32 Å². The van der Waals surface area contributed by atoms with Gasteiger partial charge in [-0.15, -0.1) is 0 Å². The fourth-order valence-corrected chi connectivity index (χ4v) is 1.42. The minimum atomic E-state index is -0.303. The van der Waals surface area contributed by atoms with Crippen molar-refractivity contribution in [2.75, 3.05) is 5.32 Å². The highest BCUT2D eigenvalue weighted by Gasteiger charge is 2.10. The SMILES string of the molecule is Cc1ccc(C(=O)Nc2ccc(Br)cn2)o1. The average Bonchev–Trinajstić information content (AvgIpc) is 2.68. The van der Waals surface area contributed by atoms with E-state index in [1.54, 1.807) is 37.4 Å². The lowest BCUT2D eigenvalue weighted by Crippen LogP contribution is -2.11. The monoisotopic (exact) mass is 280 g/mol. The molecule has 0 aliphatic rings. The maximum Gasteiger partial charge on any atom is 0.292 e. The molecule has 16 heavy (non-hydrogen) atoms. The van der Waals surface area contributed by atoms with E-state index in [9.17, 15) is 4.79 Å². The Hall–Kier alpha value is -1.62. The van der Waals surface area contributed by atoms with Gasteiger partial charge in [-0.25, -0.2) is 4.98 Å². The number of nitrogens with one attached hydrogen (secondary N) is 1. The molecule has 0 saturated carbocycles. The third-order valence-corrected chi connectivity index (χ3v) is 2.40. The smallest absolute Gasteiger partial charge is 0.292 e. The van der Waals surface area contributed by atoms with E-state index in [-0.39, 0.29) is 11.7 Å². The number of carbonyl (C=O) groups is 1. The molecular formula is C11H9BrN2O2. The van der Waals surface area contributed by atoms with E-state index in [1.165, 1.54) is 0 Å². The molecule has 0 radical (unpaired) electrons. The van der Waals surface area contributed by atoms with Gasteiger partial charge in [0.05, 0.1) is 0 Å². The summed E-state index contributed by atoms with van der Waals surface area (Å²) in [5.41, 5.74) is 0. The lowest BCUT2D eigenvalue weighted by molar-refractivity contribution is 0.0995. The van der Waals surface area contributed by atoms with Crippen LogP contribution in [0.3, 0.4) is 0 Å². The normalized spacial score (nSPS) is 10.1. The summed E-state index contributed by atoms with van der Waals surface area (Å²) in [5.74, 6) is 1.17. The third-order valence-electron chi connectivity index (χ3n) is 1.93. The number of nitrogens with zero attached hydrogens (tertiary/aromatic N) is 1. The van der Waals surface area contributed by atoms with Crippen LogP contribution in [0.5, 0.6) is 0 Å². The Balaban J connectivity index is 2.10. The van der Waals surface area contributed by atoms with Gasteiger partial charge in [0.15, 0.2) is 5.76 Å². The van der Waals surface area contributed by atoms with Gasteiger partial charge in [0, 0.05) is 10.7 Å². The maximum atomic E-state index is 11.7. The van der Waals surface area contributed by atoms with Gasteiger partial charge in [0.1, 0.15) is 11.6 Å². The van der Waals surface area contributed by atoms with Crippen molar-refractivity contribution in [2.45, 2.75) is 6.92 Å². The van der Waals surface area contributed by atoms with Crippen molar-refractivity contribution in [3.8, 4) is 0 Å². The molecule has 0 bridgehead atoms. The van der Waals surface area contributed by atoms with E-state index in [1.807, 2.05) is 0 Å². The second-order valence-corrected chi connectivity index (χ2v) is 4.14. The maximum absolute atomic E-state index is 11.7. The summed E-state index contributed by atoms with van der Waals surface area (Å²) in [6.07, 6.45) is 1.61. The van der Waals surface area contributed by atoms with E-state index in [0.29, 0.717) is 11.6 Å². The summed E-state index contributed by atoms with van der Waals surface area (Å²) in [6.45, 7) is 1.79. The van der Waals surface area contributed by atoms with Crippen molar-refractivity contribution in [3.63, 3.8) is 0 Å². The van der Waals surface area contributed by atoms with Crippen LogP contribution in [0.15, 0.2) is 39.4 Å². The highest BCUT2D eigenvalue weighted by molar-refractivity contribution is 9.10. The van der Waals surface area contributed by atoms with Crippen molar-refractivity contribution in [3.05, 3.63) is 46.5 Å². The number of aromatic nitrogens is 1. The number of amides is 1. The summed E-state index contributed by atoms with van der Waals surface area (Å²) in [5, 5.41) is 2.63. The molecule has 0 aliphatic heterocycles. The molecule has 0 spiro atoms. The minimum absolute atomic E-state index is 0.280. The van der Waals surface area contributed by atoms with Crippen LogP contribution in [0.2, 0.25) is 0 Å². The van der Waals surface area contributed by atoms with Crippen LogP contribution in [-0.4, -0.2) is 10.9 Å². The van der Waals surface area contributed by atoms with Gasteiger partial charge >= 0.3 is 0 Å². The molecule has 2 rings (SSSR count). The van der Waals surface area contributed by atoms with Gasteiger partial charge in [-0.1, -0.05) is 0 Å². The summed E-state index contributed by atoms with van der Waals surface area (Å²) < 4.78 is 6.05. The molecule has 0 saturated heterocycles. The Morgan fingerprint density at radius 2 is 2.19 bits per heavy atom.